The first kappa shape index (κ1) is 10.5. The van der Waals surface area contributed by atoms with Gasteiger partial charge in [0.15, 0.2) is 0 Å². The minimum absolute atomic E-state index is 0.374. The average molecular weight is 202 g/mol. The second-order valence-electron chi connectivity index (χ2n) is 3.33. The molecule has 0 aliphatic heterocycles. The molecule has 1 N–H and O–H groups in total. The van der Waals surface area contributed by atoms with Crippen LogP contribution in [0.5, 0.6) is 0 Å². The fourth-order valence-electron chi connectivity index (χ4n) is 1.29. The number of likely N-dealkylation sites (N-methyl/N-ethyl adjacent to an activating group) is 1. The monoisotopic (exact) mass is 201 g/mol. The van der Waals surface area contributed by atoms with Crippen molar-refractivity contribution in [1.82, 2.24) is 15.1 Å². The van der Waals surface area contributed by atoms with Crippen molar-refractivity contribution >= 4 is 11.6 Å². The van der Waals surface area contributed by atoms with Gasteiger partial charge in [-0.3, -0.25) is 4.68 Å². The first-order valence-electron chi connectivity index (χ1n) is 4.53. The molecule has 0 bridgehead atoms. The highest BCUT2D eigenvalue weighted by Crippen LogP contribution is 2.18. The summed E-state index contributed by atoms with van der Waals surface area (Å²) in [5.41, 5.74) is 1.12. The van der Waals surface area contributed by atoms with Crippen LogP contribution in [-0.4, -0.2) is 23.4 Å². The van der Waals surface area contributed by atoms with Crippen LogP contribution in [0.2, 0.25) is 5.02 Å². The first-order valence-corrected chi connectivity index (χ1v) is 4.91. The third-order valence-corrected chi connectivity index (χ3v) is 2.26. The van der Waals surface area contributed by atoms with E-state index in [1.807, 2.05) is 11.7 Å². The molecule has 0 amide bonds. The van der Waals surface area contributed by atoms with Gasteiger partial charge in [0.2, 0.25) is 0 Å². The van der Waals surface area contributed by atoms with Gasteiger partial charge in [0.25, 0.3) is 0 Å². The Morgan fingerprint density at radius 1 is 1.62 bits per heavy atom. The van der Waals surface area contributed by atoms with Crippen LogP contribution < -0.4 is 5.32 Å². The van der Waals surface area contributed by atoms with E-state index in [0.29, 0.717) is 6.04 Å². The van der Waals surface area contributed by atoms with Crippen LogP contribution in [0.25, 0.3) is 0 Å². The molecule has 74 valence electrons. The third-order valence-electron chi connectivity index (χ3n) is 1.95. The predicted molar refractivity (Wildman–Crippen MR) is 55.3 cm³/mol. The standard InChI is InChI=1S/C9H16ClN3/c1-7(2)13-9(4-5-11-3)8(10)6-12-13/h6-7,11H,4-5H2,1-3H3. The fraction of sp³-hybridized carbons (Fsp3) is 0.667. The zero-order valence-electron chi connectivity index (χ0n) is 8.34. The second-order valence-corrected chi connectivity index (χ2v) is 3.74. The van der Waals surface area contributed by atoms with Crippen molar-refractivity contribution in [1.29, 1.82) is 0 Å². The Morgan fingerprint density at radius 2 is 2.31 bits per heavy atom. The lowest BCUT2D eigenvalue weighted by Crippen LogP contribution is -2.15. The number of nitrogens with zero attached hydrogens (tertiary/aromatic N) is 2. The van der Waals surface area contributed by atoms with Crippen LogP contribution in [-0.2, 0) is 6.42 Å². The molecule has 1 heterocycles. The van der Waals surface area contributed by atoms with Crippen LogP contribution >= 0.6 is 11.6 Å². The zero-order chi connectivity index (χ0) is 9.84. The fourth-order valence-corrected chi connectivity index (χ4v) is 1.51. The summed E-state index contributed by atoms with van der Waals surface area (Å²) in [6, 6.07) is 0.374. The summed E-state index contributed by atoms with van der Waals surface area (Å²) in [7, 11) is 1.93. The highest BCUT2D eigenvalue weighted by molar-refractivity contribution is 6.31. The lowest BCUT2D eigenvalue weighted by atomic mass is 10.3. The number of halogens is 1. The smallest absolute Gasteiger partial charge is 0.0818 e. The number of hydrogen-bond acceptors (Lipinski definition) is 2. The van der Waals surface area contributed by atoms with E-state index in [-0.39, 0.29) is 0 Å². The van der Waals surface area contributed by atoms with E-state index < -0.39 is 0 Å². The molecule has 0 radical (unpaired) electrons. The van der Waals surface area contributed by atoms with E-state index in [2.05, 4.69) is 24.3 Å². The summed E-state index contributed by atoms with van der Waals surface area (Å²) < 4.78 is 1.97. The highest BCUT2D eigenvalue weighted by atomic mass is 35.5. The maximum Gasteiger partial charge on any atom is 0.0818 e. The van der Waals surface area contributed by atoms with Gasteiger partial charge >= 0.3 is 0 Å². The summed E-state index contributed by atoms with van der Waals surface area (Å²) >= 11 is 6.01. The maximum atomic E-state index is 6.01. The molecule has 0 spiro atoms. The van der Waals surface area contributed by atoms with Gasteiger partial charge in [-0.1, -0.05) is 11.6 Å². The number of hydrogen-bond donors (Lipinski definition) is 1. The molecule has 0 fully saturated rings. The Kier molecular flexibility index (Phi) is 3.75. The van der Waals surface area contributed by atoms with Crippen LogP contribution in [0, 0.1) is 0 Å². The van der Waals surface area contributed by atoms with E-state index in [9.17, 15) is 0 Å². The molecule has 1 rings (SSSR count). The molecular weight excluding hydrogens is 186 g/mol. The summed E-state index contributed by atoms with van der Waals surface area (Å²) in [5.74, 6) is 0. The maximum absolute atomic E-state index is 6.01. The molecular formula is C9H16ClN3. The summed E-state index contributed by atoms with van der Waals surface area (Å²) in [6.07, 6.45) is 2.64. The molecule has 0 unspecified atom stereocenters. The van der Waals surface area contributed by atoms with Crippen LogP contribution in [0.1, 0.15) is 25.6 Å². The number of rotatable bonds is 4. The van der Waals surface area contributed by atoms with Gasteiger partial charge in [-0.15, -0.1) is 0 Å². The Labute approximate surface area is 84.1 Å². The van der Waals surface area contributed by atoms with Gasteiger partial charge in [-0.2, -0.15) is 5.10 Å². The molecule has 4 heteroatoms. The van der Waals surface area contributed by atoms with Crippen molar-refractivity contribution in [2.75, 3.05) is 13.6 Å². The Bertz CT molecular complexity index is 268. The molecule has 0 aliphatic carbocycles. The zero-order valence-corrected chi connectivity index (χ0v) is 9.10. The summed E-state index contributed by atoms with van der Waals surface area (Å²) in [4.78, 5) is 0. The molecule has 1 aromatic rings. The lowest BCUT2D eigenvalue weighted by Gasteiger charge is -2.10. The highest BCUT2D eigenvalue weighted by Gasteiger charge is 2.10. The average Bonchev–Trinajstić information content (AvgIpc) is 2.43. The van der Waals surface area contributed by atoms with E-state index in [1.54, 1.807) is 6.20 Å². The SMILES string of the molecule is CNCCc1c(Cl)cnn1C(C)C. The Morgan fingerprint density at radius 3 is 2.85 bits per heavy atom. The van der Waals surface area contributed by atoms with E-state index in [1.165, 1.54) is 0 Å². The van der Waals surface area contributed by atoms with Crippen LogP contribution in [0.3, 0.4) is 0 Å². The van der Waals surface area contributed by atoms with Crippen molar-refractivity contribution in [2.45, 2.75) is 26.3 Å². The second kappa shape index (κ2) is 4.63. The van der Waals surface area contributed by atoms with Gasteiger partial charge in [-0.05, 0) is 20.9 Å². The molecule has 13 heavy (non-hydrogen) atoms. The number of aromatic nitrogens is 2. The van der Waals surface area contributed by atoms with Gasteiger partial charge in [0, 0.05) is 19.0 Å². The Hall–Kier alpha value is -0.540. The molecule has 0 atom stereocenters. The third kappa shape index (κ3) is 2.45. The normalized spacial score (nSPS) is 11.2. The van der Waals surface area contributed by atoms with E-state index in [0.717, 1.165) is 23.7 Å². The van der Waals surface area contributed by atoms with Crippen molar-refractivity contribution < 1.29 is 0 Å². The minimum Gasteiger partial charge on any atom is -0.319 e. The van der Waals surface area contributed by atoms with Crippen LogP contribution in [0.15, 0.2) is 6.20 Å². The predicted octanol–water partition coefficient (Wildman–Crippen LogP) is 1.88. The van der Waals surface area contributed by atoms with Gasteiger partial charge < -0.3 is 5.32 Å². The van der Waals surface area contributed by atoms with Crippen molar-refractivity contribution in [2.24, 2.45) is 0 Å². The summed E-state index contributed by atoms with van der Waals surface area (Å²) in [5, 5.41) is 8.09. The lowest BCUT2D eigenvalue weighted by molar-refractivity contribution is 0.506. The molecule has 3 nitrogen and oxygen atoms in total. The van der Waals surface area contributed by atoms with Crippen molar-refractivity contribution in [3.63, 3.8) is 0 Å². The molecule has 0 aliphatic rings. The Balaban J connectivity index is 2.82. The minimum atomic E-state index is 0.374. The van der Waals surface area contributed by atoms with Crippen molar-refractivity contribution in [3.05, 3.63) is 16.9 Å². The molecule has 0 saturated heterocycles. The van der Waals surface area contributed by atoms with Crippen molar-refractivity contribution in [3.8, 4) is 0 Å². The van der Waals surface area contributed by atoms with E-state index >= 15 is 0 Å². The first-order chi connectivity index (χ1) is 6.16. The van der Waals surface area contributed by atoms with E-state index in [4.69, 9.17) is 11.6 Å². The quantitative estimate of drug-likeness (QED) is 0.806. The number of nitrogens with one attached hydrogen (secondary N) is 1. The topological polar surface area (TPSA) is 29.9 Å². The largest absolute Gasteiger partial charge is 0.319 e. The van der Waals surface area contributed by atoms with Gasteiger partial charge in [0.1, 0.15) is 0 Å². The molecule has 1 aromatic heterocycles. The molecule has 0 aromatic carbocycles. The van der Waals surface area contributed by atoms with Gasteiger partial charge in [0.05, 0.1) is 16.9 Å². The van der Waals surface area contributed by atoms with Gasteiger partial charge in [-0.25, -0.2) is 0 Å². The molecule has 0 saturated carbocycles. The summed E-state index contributed by atoms with van der Waals surface area (Å²) in [6.45, 7) is 5.14. The van der Waals surface area contributed by atoms with Crippen LogP contribution in [0.4, 0.5) is 0 Å².